The number of aliphatic hydroxyl groups is 2. The Balaban J connectivity index is 1.48. The van der Waals surface area contributed by atoms with Gasteiger partial charge < -0.3 is 20.4 Å². The first-order valence-electron chi connectivity index (χ1n) is 11.6. The van der Waals surface area contributed by atoms with E-state index in [1.54, 1.807) is 31.3 Å². The van der Waals surface area contributed by atoms with Crippen molar-refractivity contribution in [3.8, 4) is 0 Å². The van der Waals surface area contributed by atoms with Crippen molar-refractivity contribution in [3.63, 3.8) is 0 Å². The molecule has 13 heteroatoms. The van der Waals surface area contributed by atoms with E-state index < -0.39 is 45.3 Å². The fraction of sp³-hybridized carbons (Fsp3) is 0.522. The van der Waals surface area contributed by atoms with Gasteiger partial charge >= 0.3 is 0 Å². The van der Waals surface area contributed by atoms with Gasteiger partial charge in [-0.1, -0.05) is 23.7 Å². The molecule has 1 saturated carbocycles. The van der Waals surface area contributed by atoms with Gasteiger partial charge in [-0.3, -0.25) is 14.3 Å². The van der Waals surface area contributed by atoms with Crippen molar-refractivity contribution in [2.45, 2.75) is 43.0 Å². The summed E-state index contributed by atoms with van der Waals surface area (Å²) >= 11 is 5.90. The van der Waals surface area contributed by atoms with Crippen molar-refractivity contribution in [2.75, 3.05) is 26.3 Å². The number of nitrogens with one attached hydrogen (secondary N) is 2. The van der Waals surface area contributed by atoms with Crippen molar-refractivity contribution < 1.29 is 28.2 Å². The van der Waals surface area contributed by atoms with Gasteiger partial charge in [0.1, 0.15) is 10.4 Å². The van der Waals surface area contributed by atoms with Crippen LogP contribution in [-0.4, -0.2) is 81.7 Å². The Hall–Kier alpha value is -2.51. The zero-order valence-corrected chi connectivity index (χ0v) is 21.7. The maximum Gasteiger partial charge on any atom is 0.272 e. The number of sulfonamides is 1. The molecule has 0 radical (unpaired) electrons. The first kappa shape index (κ1) is 26.6. The number of carbonyl (C=O) groups is 2. The summed E-state index contributed by atoms with van der Waals surface area (Å²) in [6, 6.07) is 7.07. The second-order valence-corrected chi connectivity index (χ2v) is 12.3. The molecule has 2 aliphatic rings. The number of benzene rings is 1. The Bertz CT molecular complexity index is 1270. The summed E-state index contributed by atoms with van der Waals surface area (Å²) in [5.41, 5.74) is 0.430. The minimum absolute atomic E-state index is 0.0309. The van der Waals surface area contributed by atoms with E-state index in [2.05, 4.69) is 15.1 Å². The highest BCUT2D eigenvalue weighted by atomic mass is 35.5. The number of rotatable bonds is 10. The molecule has 0 atom stereocenters. The fourth-order valence-corrected chi connectivity index (χ4v) is 6.40. The number of aryl methyl sites for hydroxylation is 1. The maximum absolute atomic E-state index is 13.3. The second-order valence-electron chi connectivity index (χ2n) is 9.75. The first-order valence-corrected chi connectivity index (χ1v) is 13.4. The van der Waals surface area contributed by atoms with Crippen LogP contribution in [0.25, 0.3) is 0 Å². The topological polar surface area (TPSA) is 154 Å². The van der Waals surface area contributed by atoms with Crippen LogP contribution in [0, 0.1) is 0 Å². The molecule has 1 fully saturated rings. The molecule has 11 nitrogen and oxygen atoms in total. The van der Waals surface area contributed by atoms with Gasteiger partial charge in [0.05, 0.1) is 18.8 Å². The van der Waals surface area contributed by atoms with Crippen LogP contribution in [0.3, 0.4) is 0 Å². The Kier molecular flexibility index (Phi) is 7.19. The monoisotopic (exact) mass is 539 g/mol. The Morgan fingerprint density at radius 1 is 1.22 bits per heavy atom. The molecule has 36 heavy (non-hydrogen) atoms. The quantitative estimate of drug-likeness (QED) is 0.336. The number of fused-ring (bicyclic) bond motifs is 1. The van der Waals surface area contributed by atoms with Crippen LogP contribution in [0.1, 0.15) is 51.9 Å². The zero-order valence-electron chi connectivity index (χ0n) is 20.1. The number of amides is 2. The van der Waals surface area contributed by atoms with Crippen LogP contribution in [0.4, 0.5) is 0 Å². The van der Waals surface area contributed by atoms with Gasteiger partial charge in [-0.15, -0.1) is 0 Å². The minimum Gasteiger partial charge on any atom is -0.394 e. The average molecular weight is 540 g/mol. The first-order chi connectivity index (χ1) is 16.9. The molecule has 196 valence electrons. The number of aromatic nitrogens is 2. The number of halogens is 1. The van der Waals surface area contributed by atoms with E-state index in [1.807, 2.05) is 0 Å². The normalized spacial score (nSPS) is 17.1. The molecule has 2 aromatic rings. The van der Waals surface area contributed by atoms with Gasteiger partial charge in [-0.05, 0) is 43.9 Å². The van der Waals surface area contributed by atoms with Gasteiger partial charge in [0, 0.05) is 37.3 Å². The van der Waals surface area contributed by atoms with E-state index in [-0.39, 0.29) is 31.0 Å². The lowest BCUT2D eigenvalue weighted by atomic mass is 10.0. The highest BCUT2D eigenvalue weighted by molar-refractivity contribution is 7.91. The number of hydrogen-bond donors (Lipinski definition) is 4. The van der Waals surface area contributed by atoms with E-state index in [1.165, 1.54) is 16.5 Å². The number of carbonyl (C=O) groups excluding carboxylic acids is 2. The van der Waals surface area contributed by atoms with Gasteiger partial charge in [0.15, 0.2) is 5.69 Å². The molecule has 2 heterocycles. The number of nitrogens with zero attached hydrogens (tertiary/aromatic N) is 3. The highest BCUT2D eigenvalue weighted by Gasteiger charge is 2.57. The second kappa shape index (κ2) is 9.75. The van der Waals surface area contributed by atoms with E-state index >= 15 is 0 Å². The van der Waals surface area contributed by atoms with Gasteiger partial charge in [-0.2, -0.15) is 5.10 Å². The molecule has 1 aromatic carbocycles. The predicted molar refractivity (Wildman–Crippen MR) is 132 cm³/mol. The third-order valence-corrected chi connectivity index (χ3v) is 9.47. The molecule has 2 amide bonds. The van der Waals surface area contributed by atoms with Crippen LogP contribution in [0.15, 0.2) is 24.3 Å². The summed E-state index contributed by atoms with van der Waals surface area (Å²) in [6.45, 7) is 0.759. The van der Waals surface area contributed by atoms with Crippen LogP contribution < -0.4 is 10.0 Å². The summed E-state index contributed by atoms with van der Waals surface area (Å²) in [5.74, 6) is -0.794. The summed E-state index contributed by atoms with van der Waals surface area (Å²) < 4.78 is 28.8. The van der Waals surface area contributed by atoms with Crippen LogP contribution in [0.2, 0.25) is 5.02 Å². The lowest BCUT2D eigenvalue weighted by Crippen LogP contribution is -2.57. The summed E-state index contributed by atoms with van der Waals surface area (Å²) in [5, 5.41) is 26.7. The number of aliphatic hydroxyl groups excluding tert-OH is 2. The Morgan fingerprint density at radius 2 is 1.86 bits per heavy atom. The largest absolute Gasteiger partial charge is 0.394 e. The highest BCUT2D eigenvalue weighted by Crippen LogP contribution is 2.45. The van der Waals surface area contributed by atoms with Crippen LogP contribution in [0.5, 0.6) is 0 Å². The average Bonchev–Trinajstić information content (AvgIpc) is 3.56. The maximum atomic E-state index is 13.3. The van der Waals surface area contributed by atoms with E-state index in [0.717, 1.165) is 5.56 Å². The molecule has 0 bridgehead atoms. The number of hydrogen-bond acceptors (Lipinski definition) is 7. The molecule has 1 aliphatic heterocycles. The van der Waals surface area contributed by atoms with Gasteiger partial charge in [0.25, 0.3) is 11.8 Å². The van der Waals surface area contributed by atoms with Crippen molar-refractivity contribution in [3.05, 3.63) is 51.8 Å². The van der Waals surface area contributed by atoms with Crippen LogP contribution >= 0.6 is 11.6 Å². The molecule has 0 unspecified atom stereocenters. The van der Waals surface area contributed by atoms with Crippen LogP contribution in [-0.2, 0) is 30.0 Å². The fourth-order valence-electron chi connectivity index (χ4n) is 4.32. The van der Waals surface area contributed by atoms with Gasteiger partial charge in [0.2, 0.25) is 10.0 Å². The SMILES string of the molecule is Cn1nc(C(=O)NCc2ccc(Cl)cc2)c2c1C(=O)N(CC1(S(=O)(=O)NC(C)(CO)CO)CC1)CC2. The summed E-state index contributed by atoms with van der Waals surface area (Å²) in [4.78, 5) is 27.7. The molecule has 1 aliphatic carbocycles. The van der Waals surface area contributed by atoms with Crippen molar-refractivity contribution >= 4 is 33.4 Å². The van der Waals surface area contributed by atoms with E-state index in [4.69, 9.17) is 11.6 Å². The van der Waals surface area contributed by atoms with E-state index in [9.17, 15) is 28.2 Å². The predicted octanol–water partition coefficient (Wildman–Crippen LogP) is 0.197. The third kappa shape index (κ3) is 5.00. The summed E-state index contributed by atoms with van der Waals surface area (Å²) in [7, 11) is -2.37. The standard InChI is InChI=1S/C23H30ClN5O6S/c1-22(13-30,14-31)27-36(34,35)23(8-9-23)12-29-10-7-17-18(26-28(2)19(17)21(29)33)20(32)25-11-15-3-5-16(24)6-4-15/h3-6,27,30-31H,7-14H2,1-2H3,(H,25,32). The van der Waals surface area contributed by atoms with Crippen molar-refractivity contribution in [1.82, 2.24) is 24.7 Å². The minimum atomic E-state index is -3.94. The van der Waals surface area contributed by atoms with E-state index in [0.29, 0.717) is 29.8 Å². The summed E-state index contributed by atoms with van der Waals surface area (Å²) in [6.07, 6.45) is 1.07. The Morgan fingerprint density at radius 3 is 2.44 bits per heavy atom. The Labute approximate surface area is 214 Å². The van der Waals surface area contributed by atoms with Crippen molar-refractivity contribution in [2.24, 2.45) is 7.05 Å². The van der Waals surface area contributed by atoms with Gasteiger partial charge in [-0.25, -0.2) is 13.1 Å². The zero-order chi connectivity index (χ0) is 26.3. The molecular formula is C23H30ClN5O6S. The van der Waals surface area contributed by atoms with Crippen molar-refractivity contribution in [1.29, 1.82) is 0 Å². The molecule has 4 rings (SSSR count). The smallest absolute Gasteiger partial charge is 0.272 e. The molecule has 0 saturated heterocycles. The molecular weight excluding hydrogens is 510 g/mol. The molecule has 0 spiro atoms. The molecule has 1 aromatic heterocycles. The lowest BCUT2D eigenvalue weighted by Gasteiger charge is -2.33. The molecule has 4 N–H and O–H groups in total. The lowest BCUT2D eigenvalue weighted by molar-refractivity contribution is 0.0723. The third-order valence-electron chi connectivity index (χ3n) is 6.78.